The van der Waals surface area contributed by atoms with Crippen LogP contribution in [0.25, 0.3) is 0 Å². The van der Waals surface area contributed by atoms with Crippen LogP contribution in [0, 0.1) is 11.8 Å². The summed E-state index contributed by atoms with van der Waals surface area (Å²) in [6, 6.07) is 0.662. The number of nitrogens with zero attached hydrogens (tertiary/aromatic N) is 1. The summed E-state index contributed by atoms with van der Waals surface area (Å²) in [7, 11) is 0. The Kier molecular flexibility index (Phi) is 4.16. The minimum absolute atomic E-state index is 0.0828. The maximum Gasteiger partial charge on any atom is 0.417 e. The molecule has 1 aromatic heterocycles. The van der Waals surface area contributed by atoms with Crippen molar-refractivity contribution in [1.82, 2.24) is 9.88 Å². The van der Waals surface area contributed by atoms with Crippen LogP contribution in [0.1, 0.15) is 31.2 Å². The first-order valence-corrected chi connectivity index (χ1v) is 7.90. The van der Waals surface area contributed by atoms with Crippen LogP contribution < -0.4 is 10.9 Å². The van der Waals surface area contributed by atoms with Crippen molar-refractivity contribution in [1.29, 1.82) is 0 Å². The van der Waals surface area contributed by atoms with Crippen LogP contribution in [-0.2, 0) is 17.5 Å². The zero-order chi connectivity index (χ0) is 16.8. The lowest BCUT2D eigenvalue weighted by molar-refractivity contribution is -0.138. The van der Waals surface area contributed by atoms with Crippen LogP contribution in [0.15, 0.2) is 17.1 Å². The quantitative estimate of drug-likeness (QED) is 0.889. The van der Waals surface area contributed by atoms with Gasteiger partial charge in [0, 0.05) is 12.2 Å². The Hall–Kier alpha value is -1.50. The van der Waals surface area contributed by atoms with E-state index in [-0.39, 0.29) is 6.04 Å². The van der Waals surface area contributed by atoms with Crippen LogP contribution in [0.3, 0.4) is 0 Å². The van der Waals surface area contributed by atoms with Crippen molar-refractivity contribution >= 4 is 17.5 Å². The van der Waals surface area contributed by atoms with Crippen LogP contribution in [0.5, 0.6) is 0 Å². The minimum atomic E-state index is -4.62. The molecule has 2 fully saturated rings. The second kappa shape index (κ2) is 5.85. The summed E-state index contributed by atoms with van der Waals surface area (Å²) < 4.78 is 39.1. The van der Waals surface area contributed by atoms with Gasteiger partial charge in [0.2, 0.25) is 5.91 Å². The summed E-state index contributed by atoms with van der Waals surface area (Å²) >= 11 is 5.57. The largest absolute Gasteiger partial charge is 0.417 e. The molecule has 8 heteroatoms. The number of carbonyl (C=O) groups is 1. The molecule has 1 N–H and O–H groups in total. The lowest BCUT2D eigenvalue weighted by Gasteiger charge is -2.18. The third-order valence-corrected chi connectivity index (χ3v) is 4.54. The van der Waals surface area contributed by atoms with E-state index < -0.39 is 34.8 Å². The average molecular weight is 349 g/mol. The fourth-order valence-corrected chi connectivity index (χ4v) is 3.02. The van der Waals surface area contributed by atoms with Crippen molar-refractivity contribution in [3.63, 3.8) is 0 Å². The SMILES string of the molecule is O=C(Cn1cc(C(F)(F)F)cc(Cl)c1=O)NC(C1CC1)C1CC1. The Morgan fingerprint density at radius 2 is 1.87 bits per heavy atom. The highest BCUT2D eigenvalue weighted by molar-refractivity contribution is 6.30. The van der Waals surface area contributed by atoms with E-state index in [0.29, 0.717) is 24.1 Å². The molecule has 2 aliphatic carbocycles. The molecule has 0 saturated heterocycles. The molecule has 1 heterocycles. The third kappa shape index (κ3) is 3.88. The first-order valence-electron chi connectivity index (χ1n) is 7.52. The zero-order valence-electron chi connectivity index (χ0n) is 12.2. The van der Waals surface area contributed by atoms with Crippen LogP contribution >= 0.6 is 11.6 Å². The van der Waals surface area contributed by atoms with E-state index in [4.69, 9.17) is 11.6 Å². The molecule has 0 spiro atoms. The molecule has 3 rings (SSSR count). The van der Waals surface area contributed by atoms with Crippen molar-refractivity contribution in [3.8, 4) is 0 Å². The Morgan fingerprint density at radius 3 is 2.35 bits per heavy atom. The molecule has 0 bridgehead atoms. The van der Waals surface area contributed by atoms with Gasteiger partial charge >= 0.3 is 6.18 Å². The Labute approximate surface area is 135 Å². The molecule has 2 saturated carbocycles. The lowest BCUT2D eigenvalue weighted by atomic mass is 10.1. The molecule has 23 heavy (non-hydrogen) atoms. The Balaban J connectivity index is 1.74. The first-order chi connectivity index (χ1) is 10.8. The van der Waals surface area contributed by atoms with Gasteiger partial charge in [0.25, 0.3) is 5.56 Å². The van der Waals surface area contributed by atoms with Crippen molar-refractivity contribution in [2.24, 2.45) is 11.8 Å². The summed E-state index contributed by atoms with van der Waals surface area (Å²) in [6.07, 6.45) is 0.276. The number of carbonyl (C=O) groups excluding carboxylic acids is 1. The molecule has 0 atom stereocenters. The van der Waals surface area contributed by atoms with E-state index in [2.05, 4.69) is 5.32 Å². The maximum absolute atomic E-state index is 12.8. The van der Waals surface area contributed by atoms with Gasteiger partial charge in [-0.05, 0) is 43.6 Å². The van der Waals surface area contributed by atoms with Gasteiger partial charge in [-0.25, -0.2) is 0 Å². The van der Waals surface area contributed by atoms with Gasteiger partial charge in [0.05, 0.1) is 5.56 Å². The molecule has 0 aromatic carbocycles. The Bertz CT molecular complexity index is 666. The number of hydrogen-bond donors (Lipinski definition) is 1. The molecule has 0 unspecified atom stereocenters. The number of alkyl halides is 3. The molecule has 126 valence electrons. The molecular formula is C15H16ClF3N2O2. The monoisotopic (exact) mass is 348 g/mol. The average Bonchev–Trinajstić information content (AvgIpc) is 3.33. The van der Waals surface area contributed by atoms with Gasteiger partial charge in [-0.2, -0.15) is 13.2 Å². The molecule has 0 radical (unpaired) electrons. The van der Waals surface area contributed by atoms with E-state index in [0.717, 1.165) is 30.3 Å². The summed E-state index contributed by atoms with van der Waals surface area (Å²) in [4.78, 5) is 24.0. The predicted molar refractivity (Wildman–Crippen MR) is 78.1 cm³/mol. The topological polar surface area (TPSA) is 51.1 Å². The van der Waals surface area contributed by atoms with Crippen molar-refractivity contribution in [2.45, 2.75) is 44.4 Å². The van der Waals surface area contributed by atoms with E-state index in [1.54, 1.807) is 0 Å². The molecule has 2 aliphatic rings. The summed E-state index contributed by atoms with van der Waals surface area (Å²) in [5.74, 6) is 0.479. The molecule has 1 amide bonds. The van der Waals surface area contributed by atoms with Crippen molar-refractivity contribution < 1.29 is 18.0 Å². The van der Waals surface area contributed by atoms with Crippen LogP contribution in [0.2, 0.25) is 5.02 Å². The van der Waals surface area contributed by atoms with Gasteiger partial charge < -0.3 is 9.88 Å². The van der Waals surface area contributed by atoms with Gasteiger partial charge in [0.1, 0.15) is 11.6 Å². The van der Waals surface area contributed by atoms with Crippen LogP contribution in [-0.4, -0.2) is 16.5 Å². The summed E-state index contributed by atoms with van der Waals surface area (Å²) in [6.45, 7) is -0.460. The normalized spacial score (nSPS) is 18.3. The standard InChI is InChI=1S/C15H16ClF3N2O2/c16-11-5-10(15(17,18)19)6-21(14(11)23)7-12(22)20-13(8-1-2-8)9-3-4-9/h5-6,8-9,13H,1-4,7H2,(H,20,22). The van der Waals surface area contributed by atoms with Gasteiger partial charge in [-0.1, -0.05) is 11.6 Å². The van der Waals surface area contributed by atoms with Crippen LogP contribution in [0.4, 0.5) is 13.2 Å². The first kappa shape index (κ1) is 16.4. The van der Waals surface area contributed by atoms with Gasteiger partial charge in [-0.15, -0.1) is 0 Å². The van der Waals surface area contributed by atoms with E-state index in [1.165, 1.54) is 0 Å². The number of nitrogens with one attached hydrogen (secondary N) is 1. The molecule has 4 nitrogen and oxygen atoms in total. The summed E-state index contributed by atoms with van der Waals surface area (Å²) in [5, 5.41) is 2.32. The zero-order valence-corrected chi connectivity index (χ0v) is 13.0. The molecule has 0 aliphatic heterocycles. The smallest absolute Gasteiger partial charge is 0.351 e. The molecular weight excluding hydrogens is 333 g/mol. The predicted octanol–water partition coefficient (Wildman–Crippen LogP) is 2.83. The minimum Gasteiger partial charge on any atom is -0.351 e. The number of rotatable bonds is 5. The highest BCUT2D eigenvalue weighted by Crippen LogP contribution is 2.44. The number of pyridine rings is 1. The number of hydrogen-bond acceptors (Lipinski definition) is 2. The highest BCUT2D eigenvalue weighted by atomic mass is 35.5. The maximum atomic E-state index is 12.8. The number of halogens is 4. The highest BCUT2D eigenvalue weighted by Gasteiger charge is 2.42. The fraction of sp³-hybridized carbons (Fsp3) is 0.600. The van der Waals surface area contributed by atoms with Gasteiger partial charge in [0.15, 0.2) is 0 Å². The number of amides is 1. The second-order valence-electron chi connectivity index (χ2n) is 6.28. The van der Waals surface area contributed by atoms with E-state index >= 15 is 0 Å². The molecule has 1 aromatic rings. The fourth-order valence-electron chi connectivity index (χ4n) is 2.79. The van der Waals surface area contributed by atoms with E-state index in [9.17, 15) is 22.8 Å². The second-order valence-corrected chi connectivity index (χ2v) is 6.68. The Morgan fingerprint density at radius 1 is 1.30 bits per heavy atom. The lowest BCUT2D eigenvalue weighted by Crippen LogP contribution is -2.41. The van der Waals surface area contributed by atoms with Crippen molar-refractivity contribution in [2.75, 3.05) is 0 Å². The number of aromatic nitrogens is 1. The van der Waals surface area contributed by atoms with Crippen molar-refractivity contribution in [3.05, 3.63) is 33.2 Å². The summed E-state index contributed by atoms with van der Waals surface area (Å²) in [5.41, 5.74) is -1.85. The third-order valence-electron chi connectivity index (χ3n) is 4.27. The van der Waals surface area contributed by atoms with E-state index in [1.807, 2.05) is 0 Å². The van der Waals surface area contributed by atoms with Gasteiger partial charge in [-0.3, -0.25) is 9.59 Å².